The molecule has 1 fully saturated rings. The molecule has 1 aliphatic carbocycles. The summed E-state index contributed by atoms with van der Waals surface area (Å²) in [5.74, 6) is 0.811. The van der Waals surface area contributed by atoms with Crippen LogP contribution in [0.2, 0.25) is 0 Å². The first-order valence-electron chi connectivity index (χ1n) is 5.88. The van der Waals surface area contributed by atoms with E-state index >= 15 is 0 Å². The second kappa shape index (κ2) is 4.69. The summed E-state index contributed by atoms with van der Waals surface area (Å²) in [7, 11) is 0. The van der Waals surface area contributed by atoms with E-state index in [4.69, 9.17) is 0 Å². The van der Waals surface area contributed by atoms with Crippen molar-refractivity contribution in [3.05, 3.63) is 17.5 Å². The van der Waals surface area contributed by atoms with Crippen molar-refractivity contribution in [3.63, 3.8) is 0 Å². The summed E-state index contributed by atoms with van der Waals surface area (Å²) in [5.41, 5.74) is 2.56. The number of nitrogens with zero attached hydrogens (tertiary/aromatic N) is 2. The van der Waals surface area contributed by atoms with E-state index in [0.717, 1.165) is 23.0 Å². The Morgan fingerprint density at radius 3 is 2.93 bits per heavy atom. The van der Waals surface area contributed by atoms with Gasteiger partial charge in [0, 0.05) is 17.1 Å². The predicted octanol–water partition coefficient (Wildman–Crippen LogP) is 3.32. The van der Waals surface area contributed by atoms with Crippen LogP contribution in [0.1, 0.15) is 37.6 Å². The number of rotatable bonds is 3. The molecule has 2 rings (SSSR count). The molecule has 0 saturated heterocycles. The normalized spacial score (nSPS) is 26.1. The highest BCUT2D eigenvalue weighted by Gasteiger charge is 2.25. The largest absolute Gasteiger partial charge is 0.270 e. The van der Waals surface area contributed by atoms with E-state index < -0.39 is 0 Å². The van der Waals surface area contributed by atoms with Crippen molar-refractivity contribution in [2.75, 3.05) is 0 Å². The maximum absolute atomic E-state index is 4.50. The molecule has 2 nitrogen and oxygen atoms in total. The summed E-state index contributed by atoms with van der Waals surface area (Å²) in [6.07, 6.45) is 5.26. The smallest absolute Gasteiger partial charge is 0.0596 e. The van der Waals surface area contributed by atoms with Crippen molar-refractivity contribution in [1.29, 1.82) is 0 Å². The van der Waals surface area contributed by atoms with Crippen molar-refractivity contribution in [3.8, 4) is 0 Å². The first kappa shape index (κ1) is 11.2. The van der Waals surface area contributed by atoms with Crippen LogP contribution in [0.25, 0.3) is 0 Å². The van der Waals surface area contributed by atoms with Crippen LogP contribution >= 0.6 is 15.9 Å². The molecule has 0 radical (unpaired) electrons. The van der Waals surface area contributed by atoms with Gasteiger partial charge in [0.1, 0.15) is 0 Å². The van der Waals surface area contributed by atoms with Gasteiger partial charge in [-0.15, -0.1) is 0 Å². The summed E-state index contributed by atoms with van der Waals surface area (Å²) in [6.45, 7) is 5.23. The number of halogens is 1. The Kier molecular flexibility index (Phi) is 3.49. The summed E-state index contributed by atoms with van der Waals surface area (Å²) < 4.78 is 2.15. The van der Waals surface area contributed by atoms with E-state index in [2.05, 4.69) is 45.6 Å². The fraction of sp³-hybridized carbons (Fsp3) is 0.750. The SMILES string of the molecule is CCn1nc(C)cc1CC1CCCC1Br. The Bertz CT molecular complexity index is 332. The van der Waals surface area contributed by atoms with Crippen LogP contribution in [0.5, 0.6) is 0 Å². The van der Waals surface area contributed by atoms with E-state index in [1.165, 1.54) is 31.4 Å². The molecule has 1 heterocycles. The molecule has 15 heavy (non-hydrogen) atoms. The second-order valence-corrected chi connectivity index (χ2v) is 5.68. The predicted molar refractivity (Wildman–Crippen MR) is 66.4 cm³/mol. The van der Waals surface area contributed by atoms with Gasteiger partial charge in [0.15, 0.2) is 0 Å². The Morgan fingerprint density at radius 2 is 2.33 bits per heavy atom. The van der Waals surface area contributed by atoms with Gasteiger partial charge in [0.05, 0.1) is 5.69 Å². The van der Waals surface area contributed by atoms with Crippen LogP contribution in [0.3, 0.4) is 0 Å². The van der Waals surface area contributed by atoms with Gasteiger partial charge < -0.3 is 0 Å². The first-order chi connectivity index (χ1) is 7.20. The lowest BCUT2D eigenvalue weighted by atomic mass is 10.0. The third-order valence-electron chi connectivity index (χ3n) is 3.32. The van der Waals surface area contributed by atoms with Crippen LogP contribution in [-0.4, -0.2) is 14.6 Å². The molecule has 1 aromatic rings. The minimum absolute atomic E-state index is 0.720. The average molecular weight is 271 g/mol. The minimum Gasteiger partial charge on any atom is -0.270 e. The number of hydrogen-bond acceptors (Lipinski definition) is 1. The highest BCUT2D eigenvalue weighted by atomic mass is 79.9. The zero-order valence-corrected chi connectivity index (χ0v) is 11.1. The Morgan fingerprint density at radius 1 is 1.53 bits per heavy atom. The fourth-order valence-corrected chi connectivity index (χ4v) is 3.30. The molecule has 0 spiro atoms. The molecular formula is C12H19BrN2. The molecule has 0 amide bonds. The molecule has 2 atom stereocenters. The zero-order chi connectivity index (χ0) is 10.8. The fourth-order valence-electron chi connectivity index (χ4n) is 2.53. The molecule has 0 aliphatic heterocycles. The van der Waals surface area contributed by atoms with Crippen molar-refractivity contribution in [2.24, 2.45) is 5.92 Å². The van der Waals surface area contributed by atoms with Gasteiger partial charge in [-0.1, -0.05) is 22.4 Å². The summed E-state index contributed by atoms with van der Waals surface area (Å²) in [6, 6.07) is 2.24. The highest BCUT2D eigenvalue weighted by molar-refractivity contribution is 9.09. The molecule has 1 saturated carbocycles. The van der Waals surface area contributed by atoms with Gasteiger partial charge in [-0.25, -0.2) is 0 Å². The lowest BCUT2D eigenvalue weighted by molar-refractivity contribution is 0.518. The number of hydrogen-bond donors (Lipinski definition) is 0. The van der Waals surface area contributed by atoms with Gasteiger partial charge in [-0.05, 0) is 45.1 Å². The quantitative estimate of drug-likeness (QED) is 0.771. The minimum atomic E-state index is 0.720. The summed E-state index contributed by atoms with van der Waals surface area (Å²) in [5, 5.41) is 4.50. The Hall–Kier alpha value is -0.310. The second-order valence-electron chi connectivity index (χ2n) is 4.50. The van der Waals surface area contributed by atoms with Crippen LogP contribution in [0, 0.1) is 12.8 Å². The van der Waals surface area contributed by atoms with Crippen molar-refractivity contribution < 1.29 is 0 Å². The van der Waals surface area contributed by atoms with E-state index in [9.17, 15) is 0 Å². The first-order valence-corrected chi connectivity index (χ1v) is 6.79. The molecule has 0 aromatic carbocycles. The molecule has 2 unspecified atom stereocenters. The van der Waals surface area contributed by atoms with Crippen LogP contribution in [-0.2, 0) is 13.0 Å². The molecule has 1 aliphatic rings. The summed E-state index contributed by atoms with van der Waals surface area (Å²) in [4.78, 5) is 0.720. The molecular weight excluding hydrogens is 252 g/mol. The maximum atomic E-state index is 4.50. The van der Waals surface area contributed by atoms with E-state index in [0.29, 0.717) is 0 Å². The lowest BCUT2D eigenvalue weighted by Gasteiger charge is -2.14. The van der Waals surface area contributed by atoms with Crippen LogP contribution in [0.4, 0.5) is 0 Å². The van der Waals surface area contributed by atoms with Gasteiger partial charge in [0.25, 0.3) is 0 Å². The summed E-state index contributed by atoms with van der Waals surface area (Å²) >= 11 is 3.79. The molecule has 0 N–H and O–H groups in total. The van der Waals surface area contributed by atoms with E-state index in [1.54, 1.807) is 0 Å². The van der Waals surface area contributed by atoms with Gasteiger partial charge in [-0.3, -0.25) is 4.68 Å². The molecule has 0 bridgehead atoms. The van der Waals surface area contributed by atoms with Gasteiger partial charge in [0.2, 0.25) is 0 Å². The standard InChI is InChI=1S/C12H19BrN2/c1-3-15-11(7-9(2)14-15)8-10-5-4-6-12(10)13/h7,10,12H,3-6,8H2,1-2H3. The molecule has 84 valence electrons. The third kappa shape index (κ3) is 2.44. The van der Waals surface area contributed by atoms with Crippen LogP contribution < -0.4 is 0 Å². The lowest BCUT2D eigenvalue weighted by Crippen LogP contribution is -2.13. The third-order valence-corrected chi connectivity index (χ3v) is 4.53. The molecule has 3 heteroatoms. The highest BCUT2D eigenvalue weighted by Crippen LogP contribution is 2.33. The van der Waals surface area contributed by atoms with Crippen molar-refractivity contribution in [1.82, 2.24) is 9.78 Å². The molecule has 1 aromatic heterocycles. The van der Waals surface area contributed by atoms with Gasteiger partial charge >= 0.3 is 0 Å². The number of aryl methyl sites for hydroxylation is 2. The average Bonchev–Trinajstić information content (AvgIpc) is 2.75. The topological polar surface area (TPSA) is 17.8 Å². The Balaban J connectivity index is 2.09. The zero-order valence-electron chi connectivity index (χ0n) is 9.54. The van der Waals surface area contributed by atoms with E-state index in [1.807, 2.05) is 0 Å². The van der Waals surface area contributed by atoms with Gasteiger partial charge in [-0.2, -0.15) is 5.10 Å². The number of alkyl halides is 1. The monoisotopic (exact) mass is 270 g/mol. The maximum Gasteiger partial charge on any atom is 0.0596 e. The van der Waals surface area contributed by atoms with Crippen molar-refractivity contribution >= 4 is 15.9 Å². The van der Waals surface area contributed by atoms with Crippen LogP contribution in [0.15, 0.2) is 6.07 Å². The van der Waals surface area contributed by atoms with E-state index in [-0.39, 0.29) is 0 Å². The Labute approximate surface area is 100 Å². The number of aromatic nitrogens is 2. The van der Waals surface area contributed by atoms with Crippen molar-refractivity contribution in [2.45, 2.75) is 50.9 Å².